The Balaban J connectivity index is 2.63. The molecule has 0 saturated heterocycles. The number of carboxylic acids is 1. The lowest BCUT2D eigenvalue weighted by Gasteiger charge is -2.13. The van der Waals surface area contributed by atoms with E-state index in [1.165, 1.54) is 7.11 Å². The Kier molecular flexibility index (Phi) is 6.54. The lowest BCUT2D eigenvalue weighted by molar-refractivity contribution is -0.147. The first-order valence-electron chi connectivity index (χ1n) is 5.30. The first kappa shape index (κ1) is 17.0. The number of rotatable bonds is 5. The zero-order valence-corrected chi connectivity index (χ0v) is 13.3. The van der Waals surface area contributed by atoms with Crippen LogP contribution in [0.1, 0.15) is 0 Å². The molecule has 2 amide bonds. The number of methoxy groups -OCH3 is 1. The van der Waals surface area contributed by atoms with Gasteiger partial charge in [0.2, 0.25) is 0 Å². The van der Waals surface area contributed by atoms with Crippen LogP contribution < -0.4 is 10.6 Å². The molecule has 0 aliphatic carbocycles. The molecule has 1 aromatic carbocycles. The van der Waals surface area contributed by atoms with Crippen LogP contribution in [0, 0.1) is 0 Å². The molecule has 1 atom stereocenters. The third-order valence-corrected chi connectivity index (χ3v) is 4.06. The number of carboxylic acid groups (broad SMARTS) is 1. The van der Waals surface area contributed by atoms with E-state index in [1.54, 1.807) is 12.1 Å². The van der Waals surface area contributed by atoms with Crippen molar-refractivity contribution in [3.8, 4) is 0 Å². The van der Waals surface area contributed by atoms with Crippen molar-refractivity contribution in [1.29, 1.82) is 0 Å². The summed E-state index contributed by atoms with van der Waals surface area (Å²) in [7, 11) is 1.24. The molecule has 0 aliphatic rings. The van der Waals surface area contributed by atoms with Crippen molar-refractivity contribution in [1.82, 2.24) is 5.32 Å². The van der Waals surface area contributed by atoms with Crippen LogP contribution in [0.3, 0.4) is 0 Å². The molecule has 0 aliphatic heterocycles. The number of carbonyl (C=O) groups excluding carboxylic acids is 1. The fourth-order valence-corrected chi connectivity index (χ4v) is 2.07. The van der Waals surface area contributed by atoms with E-state index in [0.717, 1.165) is 0 Å². The van der Waals surface area contributed by atoms with Gasteiger partial charge in [-0.15, -0.1) is 0 Å². The molecule has 0 heterocycles. The Labute approximate surface area is 133 Å². The van der Waals surface area contributed by atoms with Gasteiger partial charge in [-0.2, -0.15) is 0 Å². The van der Waals surface area contributed by atoms with E-state index in [0.29, 0.717) is 10.2 Å². The number of anilines is 1. The molecule has 1 unspecified atom stereocenters. The molecule has 0 spiro atoms. The highest BCUT2D eigenvalue weighted by molar-refractivity contribution is 9.10. The molecule has 0 radical (unpaired) electrons. The quantitative estimate of drug-likeness (QED) is 0.680. The maximum absolute atomic E-state index is 11.6. The van der Waals surface area contributed by atoms with Crippen LogP contribution in [0.25, 0.3) is 0 Å². The molecule has 110 valence electrons. The van der Waals surface area contributed by atoms with Crippen molar-refractivity contribution in [3.63, 3.8) is 0 Å². The minimum absolute atomic E-state index is 0.178. The first-order valence-corrected chi connectivity index (χ1v) is 6.85. The summed E-state index contributed by atoms with van der Waals surface area (Å²) in [5.74, 6) is -1.17. The molecule has 6 nitrogen and oxygen atoms in total. The number of urea groups is 1. The van der Waals surface area contributed by atoms with Gasteiger partial charge in [-0.1, -0.05) is 23.2 Å². The minimum Gasteiger partial charge on any atom is -0.479 e. The zero-order chi connectivity index (χ0) is 15.3. The highest BCUT2D eigenvalue weighted by Crippen LogP contribution is 2.35. The Morgan fingerprint density at radius 1 is 1.40 bits per heavy atom. The number of ether oxygens (including phenoxy) is 1. The maximum atomic E-state index is 11.6. The molecule has 0 saturated carbocycles. The van der Waals surface area contributed by atoms with Crippen molar-refractivity contribution < 1.29 is 19.4 Å². The number of halogens is 3. The Hall–Kier alpha value is -1.02. The van der Waals surface area contributed by atoms with E-state index in [9.17, 15) is 9.59 Å². The third-order valence-electron chi connectivity index (χ3n) is 2.29. The van der Waals surface area contributed by atoms with Crippen molar-refractivity contribution in [2.75, 3.05) is 19.0 Å². The number of hydrogen-bond donors (Lipinski definition) is 3. The van der Waals surface area contributed by atoms with E-state index in [2.05, 4.69) is 31.3 Å². The highest BCUT2D eigenvalue weighted by atomic mass is 79.9. The van der Waals surface area contributed by atoms with Crippen LogP contribution >= 0.6 is 39.1 Å². The fourth-order valence-electron chi connectivity index (χ4n) is 1.25. The van der Waals surface area contributed by atoms with Gasteiger partial charge < -0.3 is 20.5 Å². The molecule has 0 bridgehead atoms. The summed E-state index contributed by atoms with van der Waals surface area (Å²) >= 11 is 15.1. The minimum atomic E-state index is -1.17. The summed E-state index contributed by atoms with van der Waals surface area (Å²) < 4.78 is 5.27. The average molecular weight is 386 g/mol. The van der Waals surface area contributed by atoms with Crippen LogP contribution in [-0.2, 0) is 9.53 Å². The van der Waals surface area contributed by atoms with Gasteiger partial charge in [0.1, 0.15) is 0 Å². The summed E-state index contributed by atoms with van der Waals surface area (Å²) in [4.78, 5) is 22.3. The van der Waals surface area contributed by atoms with E-state index in [4.69, 9.17) is 28.3 Å². The van der Waals surface area contributed by atoms with Gasteiger partial charge in [-0.25, -0.2) is 9.59 Å². The van der Waals surface area contributed by atoms with Crippen molar-refractivity contribution in [2.45, 2.75) is 6.10 Å². The molecular formula is C11H11BrCl2N2O4. The van der Waals surface area contributed by atoms with Gasteiger partial charge in [0, 0.05) is 11.6 Å². The number of nitrogens with one attached hydrogen (secondary N) is 2. The second-order valence-corrected chi connectivity index (χ2v) is 5.23. The number of amides is 2. The summed E-state index contributed by atoms with van der Waals surface area (Å²) in [6, 6.07) is 2.57. The topological polar surface area (TPSA) is 87.7 Å². The Morgan fingerprint density at radius 3 is 2.60 bits per heavy atom. The van der Waals surface area contributed by atoms with Gasteiger partial charge in [0.25, 0.3) is 0 Å². The first-order chi connectivity index (χ1) is 9.36. The summed E-state index contributed by atoms with van der Waals surface area (Å²) in [6.07, 6.45) is -1.12. The van der Waals surface area contributed by atoms with Gasteiger partial charge in [0.05, 0.1) is 22.3 Å². The van der Waals surface area contributed by atoms with Crippen LogP contribution in [0.15, 0.2) is 16.6 Å². The predicted octanol–water partition coefficient (Wildman–Crippen LogP) is 2.98. The van der Waals surface area contributed by atoms with Crippen LogP contribution in [0.5, 0.6) is 0 Å². The van der Waals surface area contributed by atoms with E-state index in [-0.39, 0.29) is 16.6 Å². The number of carbonyl (C=O) groups is 2. The molecular weight excluding hydrogens is 375 g/mol. The van der Waals surface area contributed by atoms with Gasteiger partial charge >= 0.3 is 12.0 Å². The summed E-state index contributed by atoms with van der Waals surface area (Å²) in [6.45, 7) is -0.181. The molecule has 0 fully saturated rings. The highest BCUT2D eigenvalue weighted by Gasteiger charge is 2.17. The van der Waals surface area contributed by atoms with E-state index in [1.807, 2.05) is 0 Å². The van der Waals surface area contributed by atoms with Gasteiger partial charge in [0.15, 0.2) is 6.10 Å². The molecule has 9 heteroatoms. The molecule has 0 aromatic heterocycles. The van der Waals surface area contributed by atoms with Gasteiger partial charge in [-0.05, 0) is 28.1 Å². The third kappa shape index (κ3) is 4.52. The van der Waals surface area contributed by atoms with E-state index < -0.39 is 18.1 Å². The average Bonchev–Trinajstić information content (AvgIpc) is 2.40. The molecule has 20 heavy (non-hydrogen) atoms. The second kappa shape index (κ2) is 7.68. The van der Waals surface area contributed by atoms with E-state index >= 15 is 0 Å². The lowest BCUT2D eigenvalue weighted by Crippen LogP contribution is -2.39. The molecule has 1 aromatic rings. The normalized spacial score (nSPS) is 11.8. The largest absolute Gasteiger partial charge is 0.479 e. The predicted molar refractivity (Wildman–Crippen MR) is 79.6 cm³/mol. The number of hydrogen-bond acceptors (Lipinski definition) is 3. The van der Waals surface area contributed by atoms with Crippen molar-refractivity contribution >= 4 is 56.8 Å². The molecule has 3 N–H and O–H groups in total. The van der Waals surface area contributed by atoms with Gasteiger partial charge in [-0.3, -0.25) is 0 Å². The zero-order valence-electron chi connectivity index (χ0n) is 10.2. The molecule has 1 rings (SSSR count). The lowest BCUT2D eigenvalue weighted by atomic mass is 10.3. The van der Waals surface area contributed by atoms with Crippen LogP contribution in [-0.4, -0.2) is 36.9 Å². The smallest absolute Gasteiger partial charge is 0.334 e. The second-order valence-electron chi connectivity index (χ2n) is 3.62. The standard InChI is InChI=1S/C11H11BrCl2N2O4/c1-20-7(10(17)18)4-15-11(19)16-6-3-2-5(12)8(13)9(6)14/h2-3,7H,4H2,1H3,(H,17,18)(H2,15,16,19). The SMILES string of the molecule is COC(CNC(=O)Nc1ccc(Br)c(Cl)c1Cl)C(=O)O. The summed E-state index contributed by atoms with van der Waals surface area (Å²) in [5, 5.41) is 14.0. The Bertz CT molecular complexity index is 527. The number of benzene rings is 1. The Morgan fingerprint density at radius 2 is 2.05 bits per heavy atom. The monoisotopic (exact) mass is 384 g/mol. The summed E-state index contributed by atoms with van der Waals surface area (Å²) in [5.41, 5.74) is 0.307. The number of aliphatic carboxylic acids is 1. The van der Waals surface area contributed by atoms with Crippen LogP contribution in [0.2, 0.25) is 10.0 Å². The van der Waals surface area contributed by atoms with Crippen molar-refractivity contribution in [3.05, 3.63) is 26.7 Å². The van der Waals surface area contributed by atoms with Crippen molar-refractivity contribution in [2.24, 2.45) is 0 Å². The van der Waals surface area contributed by atoms with Crippen LogP contribution in [0.4, 0.5) is 10.5 Å². The maximum Gasteiger partial charge on any atom is 0.334 e. The fraction of sp³-hybridized carbons (Fsp3) is 0.273.